The zero-order valence-corrected chi connectivity index (χ0v) is 7.16. The van der Waals surface area contributed by atoms with Gasteiger partial charge in [0.05, 0.1) is 0 Å². The molecule has 1 aromatic rings. The van der Waals surface area contributed by atoms with Crippen LogP contribution in [0.3, 0.4) is 0 Å². The van der Waals surface area contributed by atoms with Crippen LogP contribution in [0.5, 0.6) is 0 Å². The maximum absolute atomic E-state index is 5.79. The maximum atomic E-state index is 5.79. The number of benzene rings is 1. The van der Waals surface area contributed by atoms with E-state index in [2.05, 4.69) is 6.92 Å². The van der Waals surface area contributed by atoms with Gasteiger partial charge in [-0.1, -0.05) is 31.2 Å². The molecule has 0 saturated heterocycles. The number of rotatable bonds is 3. The fourth-order valence-corrected chi connectivity index (χ4v) is 1.07. The van der Waals surface area contributed by atoms with Gasteiger partial charge in [-0.3, -0.25) is 0 Å². The Hall–Kier alpha value is -0.860. The third kappa shape index (κ3) is 2.06. The van der Waals surface area contributed by atoms with E-state index in [4.69, 9.17) is 11.5 Å². The Labute approximate surface area is 73.6 Å². The minimum absolute atomic E-state index is 0.0526. The summed E-state index contributed by atoms with van der Waals surface area (Å²) in [5.41, 5.74) is 13.5. The van der Waals surface area contributed by atoms with Crippen molar-refractivity contribution in [1.82, 2.24) is 0 Å². The fourth-order valence-electron chi connectivity index (χ4n) is 1.07. The van der Waals surface area contributed by atoms with E-state index in [1.807, 2.05) is 24.3 Å². The Bertz CT molecular complexity index is 228. The van der Waals surface area contributed by atoms with E-state index in [1.54, 1.807) is 0 Å². The third-order valence-electron chi connectivity index (χ3n) is 1.95. The quantitative estimate of drug-likeness (QED) is 0.707. The lowest BCUT2D eigenvalue weighted by atomic mass is 10.0. The van der Waals surface area contributed by atoms with Crippen LogP contribution in [0.4, 0.5) is 0 Å². The molecule has 0 aliphatic carbocycles. The molecular formula is C10H15N2. The minimum Gasteiger partial charge on any atom is -0.326 e. The van der Waals surface area contributed by atoms with Crippen molar-refractivity contribution >= 4 is 0 Å². The van der Waals surface area contributed by atoms with E-state index in [1.165, 1.54) is 0 Å². The van der Waals surface area contributed by atoms with Crippen LogP contribution in [0, 0.1) is 6.92 Å². The largest absolute Gasteiger partial charge is 0.326 e. The van der Waals surface area contributed by atoms with E-state index in [0.29, 0.717) is 6.54 Å². The Kier molecular flexibility index (Phi) is 3.26. The normalized spacial score (nSPS) is 12.9. The highest BCUT2D eigenvalue weighted by Gasteiger charge is 2.01. The predicted octanol–water partition coefficient (Wildman–Crippen LogP) is 1.37. The molecule has 0 fully saturated rings. The van der Waals surface area contributed by atoms with Crippen LogP contribution in [0.15, 0.2) is 24.3 Å². The standard InChI is InChI=1S/C10H15N2/c1-2-10(12)9-5-3-8(7-11)4-6-9/h3-6,10H,1-2,7,11-12H2. The highest BCUT2D eigenvalue weighted by molar-refractivity contribution is 5.24. The lowest BCUT2D eigenvalue weighted by Crippen LogP contribution is -2.08. The van der Waals surface area contributed by atoms with E-state index < -0.39 is 0 Å². The van der Waals surface area contributed by atoms with E-state index in [-0.39, 0.29) is 6.04 Å². The molecule has 1 aromatic carbocycles. The van der Waals surface area contributed by atoms with Gasteiger partial charge in [0.1, 0.15) is 0 Å². The van der Waals surface area contributed by atoms with Gasteiger partial charge >= 0.3 is 0 Å². The Morgan fingerprint density at radius 3 is 2.25 bits per heavy atom. The smallest absolute Gasteiger partial charge is 0.0294 e. The topological polar surface area (TPSA) is 52.0 Å². The monoisotopic (exact) mass is 163 g/mol. The van der Waals surface area contributed by atoms with Gasteiger partial charge in [0.25, 0.3) is 0 Å². The predicted molar refractivity (Wildman–Crippen MR) is 51.2 cm³/mol. The van der Waals surface area contributed by atoms with Crippen LogP contribution >= 0.6 is 0 Å². The van der Waals surface area contributed by atoms with Crippen molar-refractivity contribution in [2.75, 3.05) is 0 Å². The fraction of sp³-hybridized carbons (Fsp3) is 0.300. The van der Waals surface area contributed by atoms with Gasteiger partial charge in [-0.05, 0) is 17.5 Å². The van der Waals surface area contributed by atoms with Crippen LogP contribution in [-0.4, -0.2) is 0 Å². The second-order valence-corrected chi connectivity index (χ2v) is 2.84. The van der Waals surface area contributed by atoms with Crippen LogP contribution in [-0.2, 0) is 6.54 Å². The third-order valence-corrected chi connectivity index (χ3v) is 1.95. The summed E-state index contributed by atoms with van der Waals surface area (Å²) < 4.78 is 0. The first kappa shape index (κ1) is 9.23. The van der Waals surface area contributed by atoms with Gasteiger partial charge in [-0.25, -0.2) is 0 Å². The first-order valence-corrected chi connectivity index (χ1v) is 4.11. The zero-order chi connectivity index (χ0) is 8.97. The Morgan fingerprint density at radius 2 is 1.83 bits per heavy atom. The first-order valence-electron chi connectivity index (χ1n) is 4.11. The highest BCUT2D eigenvalue weighted by Crippen LogP contribution is 2.13. The molecule has 0 bridgehead atoms. The molecule has 0 aliphatic rings. The van der Waals surface area contributed by atoms with Crippen molar-refractivity contribution in [3.8, 4) is 0 Å². The van der Waals surface area contributed by atoms with Crippen molar-refractivity contribution in [3.63, 3.8) is 0 Å². The Morgan fingerprint density at radius 1 is 1.25 bits per heavy atom. The summed E-state index contributed by atoms with van der Waals surface area (Å²) in [6.45, 7) is 4.34. The second kappa shape index (κ2) is 4.24. The summed E-state index contributed by atoms with van der Waals surface area (Å²) in [6.07, 6.45) is 0.724. The molecule has 0 saturated carbocycles. The first-order chi connectivity index (χ1) is 5.77. The molecule has 0 spiro atoms. The molecule has 1 rings (SSSR count). The molecule has 0 amide bonds. The average Bonchev–Trinajstić information content (AvgIpc) is 2.17. The van der Waals surface area contributed by atoms with Gasteiger partial charge in [-0.15, -0.1) is 0 Å². The molecule has 0 aromatic heterocycles. The second-order valence-electron chi connectivity index (χ2n) is 2.84. The van der Waals surface area contributed by atoms with Gasteiger partial charge in [-0.2, -0.15) is 0 Å². The molecule has 65 valence electrons. The lowest BCUT2D eigenvalue weighted by Gasteiger charge is -2.08. The molecule has 2 heteroatoms. The molecule has 4 N–H and O–H groups in total. The van der Waals surface area contributed by atoms with Crippen molar-refractivity contribution in [1.29, 1.82) is 0 Å². The summed E-state index contributed by atoms with van der Waals surface area (Å²) >= 11 is 0. The molecule has 1 radical (unpaired) electrons. The summed E-state index contributed by atoms with van der Waals surface area (Å²) in [6, 6.07) is 8.09. The van der Waals surface area contributed by atoms with Gasteiger partial charge in [0.15, 0.2) is 0 Å². The van der Waals surface area contributed by atoms with E-state index in [0.717, 1.165) is 17.5 Å². The Balaban J connectivity index is 2.77. The molecule has 2 nitrogen and oxygen atoms in total. The molecule has 1 atom stereocenters. The summed E-state index contributed by atoms with van der Waals surface area (Å²) in [5, 5.41) is 0. The summed E-state index contributed by atoms with van der Waals surface area (Å²) in [7, 11) is 0. The molecular weight excluding hydrogens is 148 g/mol. The molecule has 0 aliphatic heterocycles. The van der Waals surface area contributed by atoms with Crippen LogP contribution < -0.4 is 11.5 Å². The molecule has 1 unspecified atom stereocenters. The number of hydrogen-bond acceptors (Lipinski definition) is 2. The van der Waals surface area contributed by atoms with Crippen LogP contribution in [0.25, 0.3) is 0 Å². The minimum atomic E-state index is 0.0526. The van der Waals surface area contributed by atoms with Crippen molar-refractivity contribution in [3.05, 3.63) is 42.3 Å². The highest BCUT2D eigenvalue weighted by atomic mass is 14.6. The molecule has 0 heterocycles. The molecule has 12 heavy (non-hydrogen) atoms. The van der Waals surface area contributed by atoms with Gasteiger partial charge in [0.2, 0.25) is 0 Å². The SMILES string of the molecule is [CH2]CC(N)c1ccc(CN)cc1. The van der Waals surface area contributed by atoms with Crippen molar-refractivity contribution in [2.45, 2.75) is 19.0 Å². The van der Waals surface area contributed by atoms with Crippen molar-refractivity contribution < 1.29 is 0 Å². The van der Waals surface area contributed by atoms with Crippen molar-refractivity contribution in [2.24, 2.45) is 11.5 Å². The van der Waals surface area contributed by atoms with Gasteiger partial charge < -0.3 is 11.5 Å². The summed E-state index contributed by atoms with van der Waals surface area (Å²) in [5.74, 6) is 0. The average molecular weight is 163 g/mol. The number of nitrogens with two attached hydrogens (primary N) is 2. The van der Waals surface area contributed by atoms with E-state index >= 15 is 0 Å². The lowest BCUT2D eigenvalue weighted by molar-refractivity contribution is 0.738. The number of hydrogen-bond donors (Lipinski definition) is 2. The summed E-state index contributed by atoms with van der Waals surface area (Å²) in [4.78, 5) is 0. The van der Waals surface area contributed by atoms with Crippen LogP contribution in [0.2, 0.25) is 0 Å². The van der Waals surface area contributed by atoms with E-state index in [9.17, 15) is 0 Å². The zero-order valence-electron chi connectivity index (χ0n) is 7.16. The van der Waals surface area contributed by atoms with Gasteiger partial charge in [0, 0.05) is 12.6 Å². The van der Waals surface area contributed by atoms with Crippen LogP contribution in [0.1, 0.15) is 23.6 Å². The maximum Gasteiger partial charge on any atom is 0.0294 e.